The number of amides is 2. The lowest BCUT2D eigenvalue weighted by Gasteiger charge is -2.32. The fourth-order valence-corrected chi connectivity index (χ4v) is 2.64. The molecule has 0 bridgehead atoms. The lowest BCUT2D eigenvalue weighted by atomic mass is 10.2. The van der Waals surface area contributed by atoms with E-state index < -0.39 is 11.6 Å². The fraction of sp³-hybridized carbons (Fsp3) is 0.294. The maximum Gasteiger partial charge on any atom is 0.272 e. The second kappa shape index (κ2) is 7.42. The number of aromatic nitrogens is 2. The Balaban J connectivity index is 1.79. The zero-order valence-electron chi connectivity index (χ0n) is 14.1. The van der Waals surface area contributed by atoms with Crippen molar-refractivity contribution in [2.75, 3.05) is 31.5 Å². The second-order valence-electron chi connectivity index (χ2n) is 5.90. The number of halogens is 2. The largest absolute Gasteiger partial charge is 0.342 e. The van der Waals surface area contributed by atoms with E-state index in [0.29, 0.717) is 31.9 Å². The molecule has 1 N–H and O–H groups in total. The summed E-state index contributed by atoms with van der Waals surface area (Å²) in [5.74, 6) is -1.72. The van der Waals surface area contributed by atoms with Crippen molar-refractivity contribution in [1.82, 2.24) is 19.8 Å². The van der Waals surface area contributed by atoms with Gasteiger partial charge >= 0.3 is 0 Å². The lowest BCUT2D eigenvalue weighted by molar-refractivity contribution is -0.119. The van der Waals surface area contributed by atoms with Gasteiger partial charge in [-0.25, -0.2) is 18.7 Å². The summed E-state index contributed by atoms with van der Waals surface area (Å²) in [7, 11) is 0. The summed E-state index contributed by atoms with van der Waals surface area (Å²) < 4.78 is 26.8. The highest BCUT2D eigenvalue weighted by Gasteiger charge is 2.23. The molecule has 1 aliphatic rings. The van der Waals surface area contributed by atoms with E-state index in [2.05, 4.69) is 15.3 Å². The Hall–Kier alpha value is -3.10. The molecule has 9 heteroatoms. The molecule has 1 aromatic heterocycles. The van der Waals surface area contributed by atoms with Gasteiger partial charge in [0, 0.05) is 37.9 Å². The third-order valence-corrected chi connectivity index (χ3v) is 4.00. The summed E-state index contributed by atoms with van der Waals surface area (Å²) in [6, 6.07) is 4.63. The Kier molecular flexibility index (Phi) is 5.06. The van der Waals surface area contributed by atoms with Crippen LogP contribution < -0.4 is 5.32 Å². The Morgan fingerprint density at radius 2 is 1.88 bits per heavy atom. The molecule has 0 radical (unpaired) electrons. The monoisotopic (exact) mass is 361 g/mol. The number of piperazine rings is 1. The summed E-state index contributed by atoms with van der Waals surface area (Å²) in [6.45, 7) is 3.44. The van der Waals surface area contributed by atoms with Gasteiger partial charge in [-0.1, -0.05) is 0 Å². The minimum atomic E-state index is -0.784. The van der Waals surface area contributed by atoms with E-state index in [4.69, 9.17) is 0 Å². The van der Waals surface area contributed by atoms with Gasteiger partial charge in [0.2, 0.25) is 12.4 Å². The summed E-state index contributed by atoms with van der Waals surface area (Å²) in [5, 5.41) is 2.67. The quantitative estimate of drug-likeness (QED) is 0.839. The van der Waals surface area contributed by atoms with Gasteiger partial charge in [-0.3, -0.25) is 9.59 Å². The van der Waals surface area contributed by atoms with Gasteiger partial charge in [0.05, 0.1) is 5.69 Å². The van der Waals surface area contributed by atoms with Crippen molar-refractivity contribution < 1.29 is 18.4 Å². The van der Waals surface area contributed by atoms with Crippen molar-refractivity contribution >= 4 is 24.0 Å². The van der Waals surface area contributed by atoms with Gasteiger partial charge in [-0.15, -0.1) is 0 Å². The van der Waals surface area contributed by atoms with E-state index in [1.54, 1.807) is 22.8 Å². The molecule has 1 aromatic carbocycles. The first-order valence-corrected chi connectivity index (χ1v) is 8.02. The van der Waals surface area contributed by atoms with Crippen molar-refractivity contribution in [2.24, 2.45) is 0 Å². The molecule has 0 saturated carbocycles. The van der Waals surface area contributed by atoms with Gasteiger partial charge in [-0.05, 0) is 25.1 Å². The molecule has 2 aromatic rings. The summed E-state index contributed by atoms with van der Waals surface area (Å²) >= 11 is 0. The van der Waals surface area contributed by atoms with Crippen LogP contribution in [-0.2, 0) is 4.79 Å². The Morgan fingerprint density at radius 1 is 1.15 bits per heavy atom. The maximum absolute atomic E-state index is 13.8. The summed E-state index contributed by atoms with van der Waals surface area (Å²) in [6.07, 6.45) is 0.760. The topological polar surface area (TPSA) is 78.4 Å². The number of carbonyl (C=O) groups excluding carboxylic acids is 2. The van der Waals surface area contributed by atoms with Crippen molar-refractivity contribution in [3.8, 4) is 0 Å². The Bertz CT molecular complexity index is 838. The highest BCUT2D eigenvalue weighted by molar-refractivity contribution is 5.93. The number of benzene rings is 1. The number of carbonyl (C=O) groups is 2. The Morgan fingerprint density at radius 3 is 2.54 bits per heavy atom. The molecule has 0 unspecified atom stereocenters. The minimum Gasteiger partial charge on any atom is -0.342 e. The lowest BCUT2D eigenvalue weighted by Crippen LogP contribution is -2.48. The summed E-state index contributed by atoms with van der Waals surface area (Å²) in [4.78, 5) is 34.9. The molecule has 1 fully saturated rings. The standard InChI is InChI=1S/C17H17F2N5O2/c1-11-8-15(16(26)24-6-4-23(10-25)5-7-24)22-17(20-11)21-14-3-2-12(18)9-13(14)19/h2-3,8-10H,4-7H2,1H3,(H,20,21,22). The number of aryl methyl sites for hydroxylation is 1. The molecule has 136 valence electrons. The van der Waals surface area contributed by atoms with E-state index in [9.17, 15) is 18.4 Å². The number of hydrogen-bond acceptors (Lipinski definition) is 5. The van der Waals surface area contributed by atoms with Gasteiger partial charge in [0.25, 0.3) is 5.91 Å². The van der Waals surface area contributed by atoms with Crippen molar-refractivity contribution in [3.05, 3.63) is 47.3 Å². The molecule has 0 atom stereocenters. The molecule has 1 saturated heterocycles. The molecular weight excluding hydrogens is 344 g/mol. The van der Waals surface area contributed by atoms with Gasteiger partial charge in [-0.2, -0.15) is 0 Å². The third kappa shape index (κ3) is 3.93. The highest BCUT2D eigenvalue weighted by atomic mass is 19.1. The predicted octanol–water partition coefficient (Wildman–Crippen LogP) is 1.72. The first-order chi connectivity index (χ1) is 12.5. The van der Waals surface area contributed by atoms with Crippen molar-refractivity contribution in [3.63, 3.8) is 0 Å². The van der Waals surface area contributed by atoms with Gasteiger partial charge in [0.1, 0.15) is 17.3 Å². The molecule has 0 aliphatic carbocycles. The second-order valence-corrected chi connectivity index (χ2v) is 5.90. The summed E-state index contributed by atoms with van der Waals surface area (Å²) in [5.41, 5.74) is 0.706. The Labute approximate surface area is 148 Å². The molecule has 2 amide bonds. The molecule has 0 spiro atoms. The average Bonchev–Trinajstić information content (AvgIpc) is 2.63. The van der Waals surface area contributed by atoms with Gasteiger partial charge < -0.3 is 15.1 Å². The van der Waals surface area contributed by atoms with Crippen LogP contribution in [0.2, 0.25) is 0 Å². The molecule has 3 rings (SSSR count). The minimum absolute atomic E-state index is 0.00926. The van der Waals surface area contributed by atoms with Crippen LogP contribution in [0.1, 0.15) is 16.2 Å². The van der Waals surface area contributed by atoms with E-state index in [1.165, 1.54) is 6.07 Å². The first-order valence-electron chi connectivity index (χ1n) is 8.02. The van der Waals surface area contributed by atoms with Crippen LogP contribution in [0.4, 0.5) is 20.4 Å². The number of rotatable bonds is 4. The normalized spacial score (nSPS) is 14.3. The first kappa shape index (κ1) is 17.7. The highest BCUT2D eigenvalue weighted by Crippen LogP contribution is 2.19. The van der Waals surface area contributed by atoms with Crippen LogP contribution in [0.15, 0.2) is 24.3 Å². The smallest absolute Gasteiger partial charge is 0.272 e. The van der Waals surface area contributed by atoms with Crippen LogP contribution in [0.3, 0.4) is 0 Å². The fourth-order valence-electron chi connectivity index (χ4n) is 2.64. The van der Waals surface area contributed by atoms with Gasteiger partial charge in [0.15, 0.2) is 0 Å². The zero-order valence-corrected chi connectivity index (χ0v) is 14.1. The maximum atomic E-state index is 13.8. The van der Waals surface area contributed by atoms with Crippen molar-refractivity contribution in [2.45, 2.75) is 6.92 Å². The van der Waals surface area contributed by atoms with Crippen LogP contribution in [-0.4, -0.2) is 58.3 Å². The van der Waals surface area contributed by atoms with E-state index in [-0.39, 0.29) is 23.2 Å². The molecule has 26 heavy (non-hydrogen) atoms. The van der Waals surface area contributed by atoms with E-state index >= 15 is 0 Å². The van der Waals surface area contributed by atoms with Crippen LogP contribution in [0, 0.1) is 18.6 Å². The molecule has 1 aliphatic heterocycles. The SMILES string of the molecule is Cc1cc(C(=O)N2CCN(C=O)CC2)nc(Nc2ccc(F)cc2F)n1. The molecule has 7 nitrogen and oxygen atoms in total. The number of hydrogen-bond donors (Lipinski definition) is 1. The van der Waals surface area contributed by atoms with E-state index in [0.717, 1.165) is 18.5 Å². The number of nitrogens with one attached hydrogen (secondary N) is 1. The predicted molar refractivity (Wildman–Crippen MR) is 90.0 cm³/mol. The number of nitrogens with zero attached hydrogens (tertiary/aromatic N) is 4. The third-order valence-electron chi connectivity index (χ3n) is 4.00. The molecular formula is C17H17F2N5O2. The van der Waals surface area contributed by atoms with Crippen molar-refractivity contribution in [1.29, 1.82) is 0 Å². The zero-order chi connectivity index (χ0) is 18.7. The molecule has 2 heterocycles. The van der Waals surface area contributed by atoms with E-state index in [1.807, 2.05) is 0 Å². The van der Waals surface area contributed by atoms with Crippen LogP contribution in [0.25, 0.3) is 0 Å². The van der Waals surface area contributed by atoms with Crippen LogP contribution in [0.5, 0.6) is 0 Å². The van der Waals surface area contributed by atoms with Crippen LogP contribution >= 0.6 is 0 Å². The average molecular weight is 361 g/mol. The number of anilines is 2.